The van der Waals surface area contributed by atoms with E-state index in [1.165, 1.54) is 103 Å². The smallest absolute Gasteiger partial charge is 0.222 e. The largest absolute Gasteiger partial charge is 0.394 e. The Kier molecular flexibility index (Phi) is 28.9. The van der Waals surface area contributed by atoms with Crippen LogP contribution in [0, 0.1) is 0 Å². The van der Waals surface area contributed by atoms with Crippen molar-refractivity contribution in [2.24, 2.45) is 0 Å². The molecule has 1 amide bonds. The molecule has 0 radical (unpaired) electrons. The lowest BCUT2D eigenvalue weighted by molar-refractivity contribution is -0.124. The van der Waals surface area contributed by atoms with Crippen LogP contribution in [-0.2, 0) is 4.79 Å². The fourth-order valence-corrected chi connectivity index (χ4v) is 4.88. The van der Waals surface area contributed by atoms with Gasteiger partial charge < -0.3 is 20.6 Å². The summed E-state index contributed by atoms with van der Waals surface area (Å²) in [5.41, 5.74) is 0. The van der Waals surface area contributed by atoms with Crippen molar-refractivity contribution >= 4 is 5.91 Å². The Morgan fingerprint density at radius 1 is 0.641 bits per heavy atom. The van der Waals surface area contributed by atoms with Gasteiger partial charge in [0, 0.05) is 0 Å². The first-order valence-corrected chi connectivity index (χ1v) is 16.6. The average molecular weight is 552 g/mol. The Labute approximate surface area is 241 Å². The summed E-state index contributed by atoms with van der Waals surface area (Å²) in [6.45, 7) is 4.15. The lowest BCUT2D eigenvalue weighted by Crippen LogP contribution is -2.45. The molecular weight excluding hydrogens is 486 g/mol. The first kappa shape index (κ1) is 37.8. The third-order valence-electron chi connectivity index (χ3n) is 7.49. The highest BCUT2D eigenvalue weighted by Crippen LogP contribution is 2.13. The van der Waals surface area contributed by atoms with Gasteiger partial charge in [-0.25, -0.2) is 0 Å². The fraction of sp³-hybridized carbons (Fsp3) is 0.853. The molecule has 5 heteroatoms. The van der Waals surface area contributed by atoms with Crippen LogP contribution in [0.4, 0.5) is 0 Å². The Balaban J connectivity index is 3.84. The minimum atomic E-state index is -0.945. The highest BCUT2D eigenvalue weighted by molar-refractivity contribution is 5.76. The number of amides is 1. The zero-order chi connectivity index (χ0) is 28.8. The third-order valence-corrected chi connectivity index (χ3v) is 7.49. The lowest BCUT2D eigenvalue weighted by Gasteiger charge is -2.21. The summed E-state index contributed by atoms with van der Waals surface area (Å²) in [4.78, 5) is 12.3. The number of carbonyl (C=O) groups is 1. The Hall–Kier alpha value is -1.17. The Morgan fingerprint density at radius 3 is 1.64 bits per heavy atom. The van der Waals surface area contributed by atoms with E-state index in [0.29, 0.717) is 6.42 Å². The summed E-state index contributed by atoms with van der Waals surface area (Å²) in [5, 5.41) is 32.8. The summed E-state index contributed by atoms with van der Waals surface area (Å²) in [5.74, 6) is -0.328. The number of hydrogen-bond donors (Lipinski definition) is 4. The summed E-state index contributed by atoms with van der Waals surface area (Å²) >= 11 is 0. The van der Waals surface area contributed by atoms with Gasteiger partial charge in [-0.1, -0.05) is 147 Å². The minimum Gasteiger partial charge on any atom is -0.394 e. The summed E-state index contributed by atoms with van der Waals surface area (Å²) in [6.07, 6.45) is 33.0. The molecule has 3 atom stereocenters. The van der Waals surface area contributed by atoms with Gasteiger partial charge in [0.05, 0.1) is 31.3 Å². The second-order valence-electron chi connectivity index (χ2n) is 11.4. The molecule has 39 heavy (non-hydrogen) atoms. The molecule has 0 rings (SSSR count). The highest BCUT2D eigenvalue weighted by atomic mass is 16.3. The molecule has 0 fully saturated rings. The van der Waals surface area contributed by atoms with Crippen LogP contribution in [0.1, 0.15) is 162 Å². The number of aliphatic hydroxyl groups is 3. The second-order valence-corrected chi connectivity index (χ2v) is 11.4. The molecule has 0 aromatic heterocycles. The van der Waals surface area contributed by atoms with Crippen molar-refractivity contribution < 1.29 is 20.1 Å². The van der Waals surface area contributed by atoms with Crippen molar-refractivity contribution in [3.05, 3.63) is 24.3 Å². The molecule has 0 saturated carbocycles. The standard InChI is InChI=1S/C34H65NO4/c1-3-5-7-9-11-13-15-16-18-20-22-24-26-28-33(38)32(30-36)35-34(39)29-31(37)27-25-23-21-19-17-14-12-10-8-6-4-2/h18,20,26,28,31-33,36-38H,3-17,19,21-25,27,29-30H2,1-2H3,(H,35,39). The van der Waals surface area contributed by atoms with Crippen LogP contribution >= 0.6 is 0 Å². The van der Waals surface area contributed by atoms with Crippen molar-refractivity contribution in [2.45, 2.75) is 180 Å². The van der Waals surface area contributed by atoms with Gasteiger partial charge >= 0.3 is 0 Å². The SMILES string of the molecule is CCCCCCCCCC=CCCC=CC(O)C(CO)NC(=O)CC(O)CCCCCCCCCCCCC. The molecule has 0 bridgehead atoms. The van der Waals surface area contributed by atoms with Crippen LogP contribution < -0.4 is 5.32 Å². The maximum atomic E-state index is 12.3. The van der Waals surface area contributed by atoms with E-state index in [0.717, 1.165) is 32.1 Å². The minimum absolute atomic E-state index is 0.00816. The van der Waals surface area contributed by atoms with Gasteiger partial charge in [0.25, 0.3) is 0 Å². The van der Waals surface area contributed by atoms with Crippen LogP contribution in [0.5, 0.6) is 0 Å². The Morgan fingerprint density at radius 2 is 1.10 bits per heavy atom. The second kappa shape index (κ2) is 29.8. The van der Waals surface area contributed by atoms with Gasteiger partial charge in [0.1, 0.15) is 0 Å². The molecule has 4 N–H and O–H groups in total. The molecule has 0 saturated heterocycles. The zero-order valence-electron chi connectivity index (χ0n) is 25.8. The van der Waals surface area contributed by atoms with Crippen molar-refractivity contribution in [1.82, 2.24) is 5.32 Å². The topological polar surface area (TPSA) is 89.8 Å². The first-order chi connectivity index (χ1) is 19.0. The molecular formula is C34H65NO4. The molecule has 230 valence electrons. The molecule has 0 aliphatic rings. The van der Waals surface area contributed by atoms with Crippen molar-refractivity contribution in [1.29, 1.82) is 0 Å². The lowest BCUT2D eigenvalue weighted by atomic mass is 10.0. The third kappa shape index (κ3) is 26.8. The monoisotopic (exact) mass is 551 g/mol. The van der Waals surface area contributed by atoms with Crippen molar-refractivity contribution in [2.75, 3.05) is 6.61 Å². The molecule has 0 heterocycles. The van der Waals surface area contributed by atoms with Crippen LogP contribution in [0.2, 0.25) is 0 Å². The molecule has 0 aliphatic carbocycles. The normalized spacial score (nSPS) is 14.3. The van der Waals surface area contributed by atoms with Gasteiger partial charge in [0.2, 0.25) is 5.91 Å². The predicted octanol–water partition coefficient (Wildman–Crippen LogP) is 8.31. The van der Waals surface area contributed by atoms with Crippen LogP contribution in [0.3, 0.4) is 0 Å². The van der Waals surface area contributed by atoms with E-state index in [2.05, 4.69) is 31.3 Å². The summed E-state index contributed by atoms with van der Waals surface area (Å²) < 4.78 is 0. The Bertz CT molecular complexity index is 578. The van der Waals surface area contributed by atoms with Crippen LogP contribution in [-0.4, -0.2) is 46.1 Å². The van der Waals surface area contributed by atoms with Gasteiger partial charge in [-0.3, -0.25) is 4.79 Å². The predicted molar refractivity (Wildman–Crippen MR) is 167 cm³/mol. The van der Waals surface area contributed by atoms with Gasteiger partial charge in [-0.2, -0.15) is 0 Å². The number of unbranched alkanes of at least 4 members (excludes halogenated alkanes) is 18. The number of aliphatic hydroxyl groups excluding tert-OH is 3. The number of carbonyl (C=O) groups excluding carboxylic acids is 1. The number of nitrogens with one attached hydrogen (secondary N) is 1. The maximum Gasteiger partial charge on any atom is 0.222 e. The number of allylic oxidation sites excluding steroid dienone is 3. The quantitative estimate of drug-likeness (QED) is 0.0556. The van der Waals surface area contributed by atoms with E-state index in [9.17, 15) is 20.1 Å². The van der Waals surface area contributed by atoms with Gasteiger partial charge in [-0.15, -0.1) is 0 Å². The van der Waals surface area contributed by atoms with E-state index in [4.69, 9.17) is 0 Å². The maximum absolute atomic E-state index is 12.3. The molecule has 3 unspecified atom stereocenters. The molecule has 0 aliphatic heterocycles. The summed E-state index contributed by atoms with van der Waals surface area (Å²) in [6, 6.07) is -0.754. The van der Waals surface area contributed by atoms with E-state index < -0.39 is 18.2 Å². The average Bonchev–Trinajstić information content (AvgIpc) is 2.92. The first-order valence-electron chi connectivity index (χ1n) is 16.6. The fourth-order valence-electron chi connectivity index (χ4n) is 4.88. The van der Waals surface area contributed by atoms with Crippen molar-refractivity contribution in [3.63, 3.8) is 0 Å². The number of hydrogen-bond acceptors (Lipinski definition) is 4. The summed E-state index contributed by atoms with van der Waals surface area (Å²) in [7, 11) is 0. The van der Waals surface area contributed by atoms with Gasteiger partial charge in [0.15, 0.2) is 0 Å². The van der Waals surface area contributed by atoms with Gasteiger partial charge in [-0.05, 0) is 32.1 Å². The van der Waals surface area contributed by atoms with Crippen LogP contribution in [0.25, 0.3) is 0 Å². The highest BCUT2D eigenvalue weighted by Gasteiger charge is 2.20. The van der Waals surface area contributed by atoms with E-state index in [-0.39, 0.29) is 18.9 Å². The molecule has 0 aromatic carbocycles. The van der Waals surface area contributed by atoms with E-state index >= 15 is 0 Å². The number of rotatable bonds is 29. The molecule has 0 spiro atoms. The van der Waals surface area contributed by atoms with E-state index in [1.54, 1.807) is 6.08 Å². The van der Waals surface area contributed by atoms with E-state index in [1.807, 2.05) is 6.08 Å². The van der Waals surface area contributed by atoms with Crippen molar-refractivity contribution in [3.8, 4) is 0 Å². The molecule has 0 aromatic rings. The van der Waals surface area contributed by atoms with Crippen LogP contribution in [0.15, 0.2) is 24.3 Å². The zero-order valence-corrected chi connectivity index (χ0v) is 25.8. The molecule has 5 nitrogen and oxygen atoms in total.